The van der Waals surface area contributed by atoms with Crippen LogP contribution in [0.1, 0.15) is 82.0 Å². The first-order chi connectivity index (χ1) is 16.0. The Kier molecular flexibility index (Phi) is 10.3. The highest BCUT2D eigenvalue weighted by molar-refractivity contribution is 7.89. The van der Waals surface area contributed by atoms with Gasteiger partial charge in [-0.25, -0.2) is 18.1 Å². The number of rotatable bonds is 14. The van der Waals surface area contributed by atoms with E-state index >= 15 is 0 Å². The van der Waals surface area contributed by atoms with Crippen molar-refractivity contribution in [2.24, 2.45) is 5.92 Å². The Labute approximate surface area is 199 Å². The molecule has 7 nitrogen and oxygen atoms in total. The number of nitrogens with zero attached hydrogens (tertiary/aromatic N) is 3. The van der Waals surface area contributed by atoms with Gasteiger partial charge in [-0.1, -0.05) is 76.3 Å². The summed E-state index contributed by atoms with van der Waals surface area (Å²) in [7, 11) is -3.43. The van der Waals surface area contributed by atoms with Gasteiger partial charge in [0.25, 0.3) is 0 Å². The van der Waals surface area contributed by atoms with Gasteiger partial charge in [0.15, 0.2) is 5.82 Å². The van der Waals surface area contributed by atoms with Crippen molar-refractivity contribution < 1.29 is 8.42 Å². The summed E-state index contributed by atoms with van der Waals surface area (Å²) in [5.41, 5.74) is 1.18. The lowest BCUT2D eigenvalue weighted by Crippen LogP contribution is -2.33. The minimum atomic E-state index is -3.43. The molecule has 0 amide bonds. The first-order valence-electron chi connectivity index (χ1n) is 12.7. The van der Waals surface area contributed by atoms with Crippen molar-refractivity contribution in [2.45, 2.75) is 77.7 Å². The van der Waals surface area contributed by atoms with Crippen LogP contribution in [0.5, 0.6) is 0 Å². The number of benzene rings is 1. The Morgan fingerprint density at radius 1 is 1.12 bits per heavy atom. The standard InChI is InChI=1S/C25H41N5O2S/c1-3-30(4-2)18-11-19-33(31,32)29-23(17-16-21-12-7-5-8-13-21)25-26-24(27-28-25)20-22-14-9-6-10-15-22/h5,7-8,12-13,22-23,29H,3-4,6,9-11,14-20H2,1-2H3,(H,26,27,28)/t23-/m1/s1. The van der Waals surface area contributed by atoms with Gasteiger partial charge in [-0.3, -0.25) is 5.10 Å². The smallest absolute Gasteiger partial charge is 0.212 e. The Balaban J connectivity index is 1.65. The van der Waals surface area contributed by atoms with Gasteiger partial charge in [-0.05, 0) is 50.4 Å². The zero-order chi connectivity index (χ0) is 23.5. The minimum Gasteiger partial charge on any atom is -0.304 e. The number of nitrogens with one attached hydrogen (secondary N) is 2. The lowest BCUT2D eigenvalue weighted by atomic mass is 9.87. The van der Waals surface area contributed by atoms with E-state index in [2.05, 4.69) is 45.8 Å². The molecule has 2 aromatic rings. The average Bonchev–Trinajstić information content (AvgIpc) is 3.29. The van der Waals surface area contributed by atoms with E-state index in [0.29, 0.717) is 24.6 Å². The van der Waals surface area contributed by atoms with Crippen molar-refractivity contribution in [2.75, 3.05) is 25.4 Å². The molecule has 1 heterocycles. The molecule has 1 saturated carbocycles. The number of H-pyrrole nitrogens is 1. The van der Waals surface area contributed by atoms with Gasteiger partial charge in [-0.15, -0.1) is 0 Å². The van der Waals surface area contributed by atoms with Crippen LogP contribution in [0.4, 0.5) is 0 Å². The zero-order valence-corrected chi connectivity index (χ0v) is 21.1. The third-order valence-electron chi connectivity index (χ3n) is 6.74. The Morgan fingerprint density at radius 3 is 2.55 bits per heavy atom. The third kappa shape index (κ3) is 8.83. The quantitative estimate of drug-likeness (QED) is 0.426. The van der Waals surface area contributed by atoms with Crippen LogP contribution in [0.25, 0.3) is 0 Å². The first kappa shape index (κ1) is 25.8. The van der Waals surface area contributed by atoms with Gasteiger partial charge >= 0.3 is 0 Å². The Morgan fingerprint density at radius 2 is 1.85 bits per heavy atom. The lowest BCUT2D eigenvalue weighted by Gasteiger charge is -2.20. The number of aromatic nitrogens is 3. The second-order valence-electron chi connectivity index (χ2n) is 9.24. The summed E-state index contributed by atoms with van der Waals surface area (Å²) in [6.07, 6.45) is 9.30. The SMILES string of the molecule is CCN(CC)CCCS(=O)(=O)N[C@H](CCc1ccccc1)c1n[nH]c(CC2CCCCC2)n1. The highest BCUT2D eigenvalue weighted by Crippen LogP contribution is 2.26. The number of hydrogen-bond donors (Lipinski definition) is 2. The lowest BCUT2D eigenvalue weighted by molar-refractivity contribution is 0.304. The van der Waals surface area contributed by atoms with Gasteiger partial charge in [0.05, 0.1) is 11.8 Å². The van der Waals surface area contributed by atoms with Crippen molar-refractivity contribution in [3.05, 3.63) is 47.5 Å². The van der Waals surface area contributed by atoms with Crippen molar-refractivity contribution in [3.63, 3.8) is 0 Å². The van der Waals surface area contributed by atoms with E-state index in [1.54, 1.807) is 0 Å². The Bertz CT molecular complexity index is 906. The molecule has 1 aromatic heterocycles. The molecule has 0 bridgehead atoms. The second-order valence-corrected chi connectivity index (χ2v) is 11.1. The topological polar surface area (TPSA) is 91.0 Å². The number of sulfonamides is 1. The van der Waals surface area contributed by atoms with Crippen LogP contribution in [0.2, 0.25) is 0 Å². The monoisotopic (exact) mass is 475 g/mol. The van der Waals surface area contributed by atoms with Crippen LogP contribution < -0.4 is 4.72 Å². The molecule has 0 aliphatic heterocycles. The van der Waals surface area contributed by atoms with Gasteiger partial charge in [-0.2, -0.15) is 5.10 Å². The summed E-state index contributed by atoms with van der Waals surface area (Å²) in [5.74, 6) is 2.20. The van der Waals surface area contributed by atoms with Gasteiger partial charge in [0.1, 0.15) is 5.82 Å². The Hall–Kier alpha value is -1.77. The van der Waals surface area contributed by atoms with E-state index in [9.17, 15) is 8.42 Å². The second kappa shape index (κ2) is 13.2. The van der Waals surface area contributed by atoms with Crippen LogP contribution >= 0.6 is 0 Å². The molecule has 33 heavy (non-hydrogen) atoms. The fraction of sp³-hybridized carbons (Fsp3) is 0.680. The van der Waals surface area contributed by atoms with Crippen molar-refractivity contribution in [1.82, 2.24) is 24.8 Å². The largest absolute Gasteiger partial charge is 0.304 e. The summed E-state index contributed by atoms with van der Waals surface area (Å²) in [4.78, 5) is 6.98. The summed E-state index contributed by atoms with van der Waals surface area (Å²) in [5, 5.41) is 7.53. The zero-order valence-electron chi connectivity index (χ0n) is 20.3. The molecule has 1 fully saturated rings. The summed E-state index contributed by atoms with van der Waals surface area (Å²) in [6, 6.07) is 9.73. The van der Waals surface area contributed by atoms with Crippen molar-refractivity contribution in [1.29, 1.82) is 0 Å². The average molecular weight is 476 g/mol. The van der Waals surface area contributed by atoms with Crippen LogP contribution in [0, 0.1) is 5.92 Å². The summed E-state index contributed by atoms with van der Waals surface area (Å²) < 4.78 is 28.7. The molecule has 2 N–H and O–H groups in total. The van der Waals surface area contributed by atoms with Crippen LogP contribution in [-0.2, 0) is 22.9 Å². The highest BCUT2D eigenvalue weighted by atomic mass is 32.2. The summed E-state index contributed by atoms with van der Waals surface area (Å²) in [6.45, 7) is 6.86. The molecular weight excluding hydrogens is 434 g/mol. The van der Waals surface area contributed by atoms with E-state index in [4.69, 9.17) is 4.98 Å². The fourth-order valence-electron chi connectivity index (χ4n) is 4.71. The van der Waals surface area contributed by atoms with E-state index in [0.717, 1.165) is 38.3 Å². The maximum Gasteiger partial charge on any atom is 0.212 e. The molecule has 0 saturated heterocycles. The first-order valence-corrected chi connectivity index (χ1v) is 14.3. The molecule has 1 aromatic carbocycles. The van der Waals surface area contributed by atoms with Crippen LogP contribution in [0.3, 0.4) is 0 Å². The van der Waals surface area contributed by atoms with Gasteiger partial charge < -0.3 is 4.90 Å². The van der Waals surface area contributed by atoms with Crippen LogP contribution in [0.15, 0.2) is 30.3 Å². The minimum absolute atomic E-state index is 0.116. The van der Waals surface area contributed by atoms with Crippen molar-refractivity contribution in [3.8, 4) is 0 Å². The van der Waals surface area contributed by atoms with E-state index in [1.807, 2.05) is 18.2 Å². The number of aromatic amines is 1. The molecule has 1 aliphatic rings. The van der Waals surface area contributed by atoms with E-state index in [-0.39, 0.29) is 5.75 Å². The normalized spacial score (nSPS) is 16.3. The number of aryl methyl sites for hydroxylation is 1. The molecule has 1 atom stereocenters. The molecule has 0 unspecified atom stereocenters. The van der Waals surface area contributed by atoms with E-state index in [1.165, 1.54) is 37.7 Å². The maximum absolute atomic E-state index is 12.9. The predicted octanol–water partition coefficient (Wildman–Crippen LogP) is 4.25. The van der Waals surface area contributed by atoms with Gasteiger partial charge in [0, 0.05) is 6.42 Å². The summed E-state index contributed by atoms with van der Waals surface area (Å²) >= 11 is 0. The number of hydrogen-bond acceptors (Lipinski definition) is 5. The fourth-order valence-corrected chi connectivity index (χ4v) is 6.00. The molecule has 0 radical (unpaired) electrons. The third-order valence-corrected chi connectivity index (χ3v) is 8.21. The molecule has 184 valence electrons. The van der Waals surface area contributed by atoms with E-state index < -0.39 is 16.1 Å². The highest BCUT2D eigenvalue weighted by Gasteiger charge is 2.24. The molecular formula is C25H41N5O2S. The van der Waals surface area contributed by atoms with Crippen LogP contribution in [-0.4, -0.2) is 53.9 Å². The maximum atomic E-state index is 12.9. The van der Waals surface area contributed by atoms with Gasteiger partial charge in [0.2, 0.25) is 10.0 Å². The van der Waals surface area contributed by atoms with Crippen molar-refractivity contribution >= 4 is 10.0 Å². The molecule has 1 aliphatic carbocycles. The predicted molar refractivity (Wildman–Crippen MR) is 133 cm³/mol. The molecule has 0 spiro atoms. The molecule has 3 rings (SSSR count). The molecule has 8 heteroatoms.